The summed E-state index contributed by atoms with van der Waals surface area (Å²) in [6, 6.07) is 5.98. The zero-order valence-corrected chi connectivity index (χ0v) is 18.2. The number of amides is 2. The van der Waals surface area contributed by atoms with E-state index in [1.165, 1.54) is 18.9 Å². The van der Waals surface area contributed by atoms with Gasteiger partial charge in [-0.3, -0.25) is 14.6 Å². The quantitative estimate of drug-likeness (QED) is 0.733. The lowest BCUT2D eigenvalue weighted by Gasteiger charge is -2.34. The topological polar surface area (TPSA) is 84.9 Å². The minimum absolute atomic E-state index is 0.00179. The summed E-state index contributed by atoms with van der Waals surface area (Å²) >= 11 is 0. The van der Waals surface area contributed by atoms with Gasteiger partial charge in [0.05, 0.1) is 32.0 Å². The molecule has 0 aliphatic carbocycles. The predicted molar refractivity (Wildman–Crippen MR) is 115 cm³/mol. The standard InChI is InChI=1S/C23H28N4O4/c1-15-6-7-18(9-16(15)2)27-13-17(10-22(27)28)23(29)26-8-4-5-19(14-26)31-21-12-24-11-20(25-21)30-3/h6-7,9,11-12,17,19H,4-5,8,10,13-14H2,1-3H3. The number of aromatic nitrogens is 2. The van der Waals surface area contributed by atoms with E-state index < -0.39 is 0 Å². The lowest BCUT2D eigenvalue weighted by atomic mass is 10.0. The third kappa shape index (κ3) is 4.62. The number of carbonyl (C=O) groups excluding carboxylic acids is 2. The Morgan fingerprint density at radius 3 is 2.71 bits per heavy atom. The van der Waals surface area contributed by atoms with Crippen molar-refractivity contribution in [2.45, 2.75) is 39.2 Å². The molecule has 8 nitrogen and oxygen atoms in total. The predicted octanol–water partition coefficient (Wildman–Crippen LogP) is 2.52. The zero-order valence-electron chi connectivity index (χ0n) is 18.2. The number of anilines is 1. The average Bonchev–Trinajstić information content (AvgIpc) is 3.17. The number of aryl methyl sites for hydroxylation is 2. The van der Waals surface area contributed by atoms with Crippen LogP contribution in [0.5, 0.6) is 11.8 Å². The molecule has 2 atom stereocenters. The fraction of sp³-hybridized carbons (Fsp3) is 0.478. The largest absolute Gasteiger partial charge is 0.480 e. The molecule has 2 aliphatic heterocycles. The van der Waals surface area contributed by atoms with Crippen LogP contribution in [0, 0.1) is 19.8 Å². The highest BCUT2D eigenvalue weighted by molar-refractivity contribution is 6.00. The number of carbonyl (C=O) groups is 2. The third-order valence-corrected chi connectivity index (χ3v) is 6.05. The van der Waals surface area contributed by atoms with Crippen LogP contribution >= 0.6 is 0 Å². The maximum absolute atomic E-state index is 13.2. The van der Waals surface area contributed by atoms with Crippen LogP contribution in [-0.2, 0) is 9.59 Å². The lowest BCUT2D eigenvalue weighted by molar-refractivity contribution is -0.138. The van der Waals surface area contributed by atoms with E-state index in [9.17, 15) is 9.59 Å². The molecule has 0 saturated carbocycles. The van der Waals surface area contributed by atoms with E-state index in [1.54, 1.807) is 11.1 Å². The van der Waals surface area contributed by atoms with Gasteiger partial charge in [0.2, 0.25) is 23.6 Å². The second-order valence-electron chi connectivity index (χ2n) is 8.24. The SMILES string of the molecule is COc1cncc(OC2CCCN(C(=O)C3CC(=O)N(c4ccc(C)c(C)c4)C3)C2)n1. The van der Waals surface area contributed by atoms with Gasteiger partial charge in [0.1, 0.15) is 6.10 Å². The molecule has 0 bridgehead atoms. The number of piperidine rings is 1. The molecule has 0 radical (unpaired) electrons. The Balaban J connectivity index is 1.39. The molecule has 2 fully saturated rings. The van der Waals surface area contributed by atoms with Crippen molar-refractivity contribution in [3.05, 3.63) is 41.7 Å². The van der Waals surface area contributed by atoms with Gasteiger partial charge in [-0.05, 0) is 49.9 Å². The van der Waals surface area contributed by atoms with Crippen LogP contribution in [-0.4, -0.2) is 59.5 Å². The van der Waals surface area contributed by atoms with Gasteiger partial charge in [-0.2, -0.15) is 4.98 Å². The summed E-state index contributed by atoms with van der Waals surface area (Å²) in [4.78, 5) is 37.7. The maximum atomic E-state index is 13.2. The molecule has 0 spiro atoms. The van der Waals surface area contributed by atoms with Crippen molar-refractivity contribution >= 4 is 17.5 Å². The smallest absolute Gasteiger partial charge is 0.235 e. The fourth-order valence-corrected chi connectivity index (χ4v) is 4.17. The van der Waals surface area contributed by atoms with Crippen molar-refractivity contribution in [3.63, 3.8) is 0 Å². The summed E-state index contributed by atoms with van der Waals surface area (Å²) in [5.41, 5.74) is 3.18. The van der Waals surface area contributed by atoms with Gasteiger partial charge in [0, 0.05) is 25.2 Å². The molecule has 4 rings (SSSR count). The first-order valence-electron chi connectivity index (χ1n) is 10.6. The van der Waals surface area contributed by atoms with E-state index in [-0.39, 0.29) is 30.3 Å². The fourth-order valence-electron chi connectivity index (χ4n) is 4.17. The third-order valence-electron chi connectivity index (χ3n) is 6.05. The van der Waals surface area contributed by atoms with E-state index in [0.717, 1.165) is 24.1 Å². The number of likely N-dealkylation sites (tertiary alicyclic amines) is 1. The molecule has 3 heterocycles. The monoisotopic (exact) mass is 424 g/mol. The number of ether oxygens (including phenoxy) is 2. The highest BCUT2D eigenvalue weighted by Crippen LogP contribution is 2.29. The van der Waals surface area contributed by atoms with Crippen molar-refractivity contribution in [1.29, 1.82) is 0 Å². The average molecular weight is 425 g/mol. The van der Waals surface area contributed by atoms with Gasteiger partial charge in [-0.25, -0.2) is 0 Å². The lowest BCUT2D eigenvalue weighted by Crippen LogP contribution is -2.47. The first kappa shape index (κ1) is 21.1. The number of hydrogen-bond acceptors (Lipinski definition) is 6. The first-order valence-corrected chi connectivity index (χ1v) is 10.6. The molecule has 2 aliphatic rings. The normalized spacial score (nSPS) is 21.3. The molecule has 31 heavy (non-hydrogen) atoms. The van der Waals surface area contributed by atoms with Crippen LogP contribution in [0.4, 0.5) is 5.69 Å². The van der Waals surface area contributed by atoms with Gasteiger partial charge in [0.25, 0.3) is 0 Å². The summed E-state index contributed by atoms with van der Waals surface area (Å²) in [7, 11) is 1.53. The summed E-state index contributed by atoms with van der Waals surface area (Å²) in [5.74, 6) is 0.458. The Labute approximate surface area is 182 Å². The Kier molecular flexibility index (Phi) is 6.06. The van der Waals surface area contributed by atoms with Gasteiger partial charge in [-0.15, -0.1) is 0 Å². The van der Waals surface area contributed by atoms with Crippen LogP contribution in [0.15, 0.2) is 30.6 Å². The minimum atomic E-state index is -0.329. The Morgan fingerprint density at radius 2 is 1.94 bits per heavy atom. The molecule has 2 amide bonds. The highest BCUT2D eigenvalue weighted by Gasteiger charge is 2.38. The van der Waals surface area contributed by atoms with Crippen LogP contribution in [0.3, 0.4) is 0 Å². The van der Waals surface area contributed by atoms with Crippen molar-refractivity contribution in [3.8, 4) is 11.8 Å². The molecule has 0 N–H and O–H groups in total. The molecule has 1 aromatic heterocycles. The molecule has 1 aromatic carbocycles. The highest BCUT2D eigenvalue weighted by atomic mass is 16.5. The minimum Gasteiger partial charge on any atom is -0.480 e. The number of hydrogen-bond donors (Lipinski definition) is 0. The molecular weight excluding hydrogens is 396 g/mol. The van der Waals surface area contributed by atoms with E-state index >= 15 is 0 Å². The van der Waals surface area contributed by atoms with Gasteiger partial charge < -0.3 is 19.3 Å². The van der Waals surface area contributed by atoms with Crippen LogP contribution in [0.2, 0.25) is 0 Å². The van der Waals surface area contributed by atoms with Crippen molar-refractivity contribution in [2.24, 2.45) is 5.92 Å². The number of methoxy groups -OCH3 is 1. The summed E-state index contributed by atoms with van der Waals surface area (Å²) in [6.45, 7) is 5.65. The van der Waals surface area contributed by atoms with Crippen molar-refractivity contribution in [1.82, 2.24) is 14.9 Å². The molecule has 164 valence electrons. The second-order valence-corrected chi connectivity index (χ2v) is 8.24. The summed E-state index contributed by atoms with van der Waals surface area (Å²) < 4.78 is 11.0. The molecular formula is C23H28N4O4. The molecule has 2 unspecified atom stereocenters. The van der Waals surface area contributed by atoms with Gasteiger partial charge in [-0.1, -0.05) is 6.07 Å². The number of benzene rings is 1. The van der Waals surface area contributed by atoms with Crippen molar-refractivity contribution < 1.29 is 19.1 Å². The van der Waals surface area contributed by atoms with Crippen LogP contribution in [0.25, 0.3) is 0 Å². The zero-order chi connectivity index (χ0) is 22.0. The Bertz CT molecular complexity index is 980. The number of nitrogens with zero attached hydrogens (tertiary/aromatic N) is 4. The Morgan fingerprint density at radius 1 is 1.13 bits per heavy atom. The first-order chi connectivity index (χ1) is 14.9. The summed E-state index contributed by atoms with van der Waals surface area (Å²) in [5, 5.41) is 0. The van der Waals surface area contributed by atoms with E-state index in [2.05, 4.69) is 9.97 Å². The second kappa shape index (κ2) is 8.91. The Hall–Kier alpha value is -3.16. The molecule has 8 heteroatoms. The van der Waals surface area contributed by atoms with Crippen LogP contribution < -0.4 is 14.4 Å². The molecule has 2 aromatic rings. The van der Waals surface area contributed by atoms with E-state index in [1.807, 2.05) is 36.9 Å². The summed E-state index contributed by atoms with van der Waals surface area (Å²) in [6.07, 6.45) is 4.82. The van der Waals surface area contributed by atoms with Gasteiger partial charge in [0.15, 0.2) is 0 Å². The van der Waals surface area contributed by atoms with Crippen LogP contribution in [0.1, 0.15) is 30.4 Å². The van der Waals surface area contributed by atoms with E-state index in [4.69, 9.17) is 9.47 Å². The maximum Gasteiger partial charge on any atom is 0.235 e. The molecule has 2 saturated heterocycles. The van der Waals surface area contributed by atoms with Gasteiger partial charge >= 0.3 is 0 Å². The van der Waals surface area contributed by atoms with Crippen molar-refractivity contribution in [2.75, 3.05) is 31.6 Å². The van der Waals surface area contributed by atoms with E-state index in [0.29, 0.717) is 31.4 Å². The number of rotatable bonds is 5.